The molecule has 2 aromatic rings. The van der Waals surface area contributed by atoms with Gasteiger partial charge in [0, 0.05) is 38.1 Å². The maximum atomic E-state index is 12.4. The van der Waals surface area contributed by atoms with E-state index in [4.69, 9.17) is 0 Å². The Morgan fingerprint density at radius 1 is 1.05 bits per heavy atom. The zero-order valence-electron chi connectivity index (χ0n) is 12.1. The maximum absolute atomic E-state index is 12.4. The van der Waals surface area contributed by atoms with Crippen LogP contribution in [0.4, 0.5) is 5.69 Å². The molecule has 1 aliphatic heterocycles. The molecule has 1 saturated heterocycles. The Balaban J connectivity index is 1.64. The van der Waals surface area contributed by atoms with Crippen molar-refractivity contribution in [3.05, 3.63) is 54.1 Å². The van der Waals surface area contributed by atoms with Gasteiger partial charge in [-0.25, -0.2) is 9.97 Å². The van der Waals surface area contributed by atoms with Crippen LogP contribution >= 0.6 is 0 Å². The first-order valence-corrected chi connectivity index (χ1v) is 7.13. The van der Waals surface area contributed by atoms with Crippen LogP contribution in [0.2, 0.25) is 0 Å². The van der Waals surface area contributed by atoms with E-state index in [1.807, 2.05) is 23.1 Å². The highest BCUT2D eigenvalue weighted by molar-refractivity contribution is 5.92. The maximum Gasteiger partial charge on any atom is 0.272 e. The van der Waals surface area contributed by atoms with Gasteiger partial charge >= 0.3 is 0 Å². The summed E-state index contributed by atoms with van der Waals surface area (Å²) in [5.74, 6) is 0.622. The fourth-order valence-corrected chi connectivity index (χ4v) is 2.54. The molecular formula is C16H18N4O. The number of rotatable bonds is 2. The summed E-state index contributed by atoms with van der Waals surface area (Å²) in [4.78, 5) is 24.8. The van der Waals surface area contributed by atoms with Gasteiger partial charge in [-0.15, -0.1) is 0 Å². The summed E-state index contributed by atoms with van der Waals surface area (Å²) in [5.41, 5.74) is 1.69. The van der Waals surface area contributed by atoms with E-state index in [9.17, 15) is 4.79 Å². The Hall–Kier alpha value is -2.43. The minimum Gasteiger partial charge on any atom is -0.368 e. The molecule has 0 atom stereocenters. The average Bonchev–Trinajstić information content (AvgIpc) is 2.55. The molecule has 0 saturated carbocycles. The number of para-hydroxylation sites is 1. The molecule has 2 heterocycles. The molecule has 5 heteroatoms. The van der Waals surface area contributed by atoms with Gasteiger partial charge in [0.2, 0.25) is 0 Å². The van der Waals surface area contributed by atoms with Gasteiger partial charge in [-0.3, -0.25) is 4.79 Å². The van der Waals surface area contributed by atoms with Gasteiger partial charge in [-0.05, 0) is 25.1 Å². The van der Waals surface area contributed by atoms with Gasteiger partial charge in [0.25, 0.3) is 5.91 Å². The van der Waals surface area contributed by atoms with Crippen molar-refractivity contribution in [3.8, 4) is 0 Å². The Labute approximate surface area is 124 Å². The number of benzene rings is 1. The fraction of sp³-hybridized carbons (Fsp3) is 0.312. The molecule has 5 nitrogen and oxygen atoms in total. The van der Waals surface area contributed by atoms with Gasteiger partial charge in [-0.2, -0.15) is 0 Å². The standard InChI is InChI=1S/C16H18N4O/c1-13-17-8-7-15(18-13)16(21)20-11-9-19(10-12-20)14-5-3-2-4-6-14/h2-8H,9-12H2,1H3. The van der Waals surface area contributed by atoms with Crippen molar-refractivity contribution in [1.29, 1.82) is 0 Å². The van der Waals surface area contributed by atoms with Crippen LogP contribution in [0.25, 0.3) is 0 Å². The van der Waals surface area contributed by atoms with Crippen LogP contribution in [0.1, 0.15) is 16.3 Å². The van der Waals surface area contributed by atoms with Crippen molar-refractivity contribution in [3.63, 3.8) is 0 Å². The SMILES string of the molecule is Cc1nccc(C(=O)N2CCN(c3ccccc3)CC2)n1. The smallest absolute Gasteiger partial charge is 0.272 e. The molecule has 1 fully saturated rings. The van der Waals surface area contributed by atoms with Crippen LogP contribution in [0, 0.1) is 6.92 Å². The molecule has 0 unspecified atom stereocenters. The molecule has 108 valence electrons. The van der Waals surface area contributed by atoms with E-state index in [2.05, 4.69) is 27.0 Å². The summed E-state index contributed by atoms with van der Waals surface area (Å²) in [6.45, 7) is 4.93. The molecule has 1 aliphatic rings. The number of amides is 1. The summed E-state index contributed by atoms with van der Waals surface area (Å²) >= 11 is 0. The molecular weight excluding hydrogens is 264 g/mol. The molecule has 1 amide bonds. The fourth-order valence-electron chi connectivity index (χ4n) is 2.54. The second-order valence-corrected chi connectivity index (χ2v) is 5.10. The summed E-state index contributed by atoms with van der Waals surface area (Å²) in [5, 5.41) is 0. The lowest BCUT2D eigenvalue weighted by molar-refractivity contribution is 0.0740. The number of hydrogen-bond donors (Lipinski definition) is 0. The second-order valence-electron chi connectivity index (χ2n) is 5.10. The Morgan fingerprint density at radius 2 is 1.76 bits per heavy atom. The third-order valence-corrected chi connectivity index (χ3v) is 3.68. The van der Waals surface area contributed by atoms with Crippen LogP contribution in [-0.2, 0) is 0 Å². The van der Waals surface area contributed by atoms with E-state index in [1.54, 1.807) is 19.2 Å². The van der Waals surface area contributed by atoms with E-state index in [1.165, 1.54) is 5.69 Å². The molecule has 0 radical (unpaired) electrons. The first-order valence-electron chi connectivity index (χ1n) is 7.13. The zero-order valence-corrected chi connectivity index (χ0v) is 12.1. The summed E-state index contributed by atoms with van der Waals surface area (Å²) < 4.78 is 0. The number of carbonyl (C=O) groups is 1. The minimum absolute atomic E-state index is 0.00629. The van der Waals surface area contributed by atoms with E-state index >= 15 is 0 Å². The number of hydrogen-bond acceptors (Lipinski definition) is 4. The van der Waals surface area contributed by atoms with Crippen LogP contribution < -0.4 is 4.90 Å². The molecule has 0 N–H and O–H groups in total. The van der Waals surface area contributed by atoms with Gasteiger partial charge < -0.3 is 9.80 Å². The molecule has 0 bridgehead atoms. The normalized spacial score (nSPS) is 15.1. The van der Waals surface area contributed by atoms with Gasteiger partial charge in [0.15, 0.2) is 0 Å². The average molecular weight is 282 g/mol. The van der Waals surface area contributed by atoms with Crippen molar-refractivity contribution < 1.29 is 4.79 Å². The third-order valence-electron chi connectivity index (χ3n) is 3.68. The Morgan fingerprint density at radius 3 is 2.43 bits per heavy atom. The van der Waals surface area contributed by atoms with Crippen LogP contribution in [0.3, 0.4) is 0 Å². The molecule has 1 aromatic heterocycles. The highest BCUT2D eigenvalue weighted by atomic mass is 16.2. The van der Waals surface area contributed by atoms with Crippen LogP contribution in [-0.4, -0.2) is 47.0 Å². The van der Waals surface area contributed by atoms with E-state index < -0.39 is 0 Å². The van der Waals surface area contributed by atoms with E-state index in [0.717, 1.165) is 26.2 Å². The highest BCUT2D eigenvalue weighted by Gasteiger charge is 2.23. The quantitative estimate of drug-likeness (QED) is 0.842. The number of nitrogens with zero attached hydrogens (tertiary/aromatic N) is 4. The predicted octanol–water partition coefficient (Wildman–Crippen LogP) is 1.75. The van der Waals surface area contributed by atoms with Crippen molar-refractivity contribution in [2.45, 2.75) is 6.92 Å². The van der Waals surface area contributed by atoms with E-state index in [0.29, 0.717) is 11.5 Å². The first-order chi connectivity index (χ1) is 10.2. The lowest BCUT2D eigenvalue weighted by Crippen LogP contribution is -2.49. The Bertz CT molecular complexity index is 621. The zero-order chi connectivity index (χ0) is 14.7. The minimum atomic E-state index is -0.00629. The summed E-state index contributed by atoms with van der Waals surface area (Å²) in [6.07, 6.45) is 1.63. The number of anilines is 1. The molecule has 0 spiro atoms. The lowest BCUT2D eigenvalue weighted by Gasteiger charge is -2.36. The van der Waals surface area contributed by atoms with Crippen LogP contribution in [0.5, 0.6) is 0 Å². The highest BCUT2D eigenvalue weighted by Crippen LogP contribution is 2.16. The molecule has 1 aromatic carbocycles. The monoisotopic (exact) mass is 282 g/mol. The molecule has 3 rings (SSSR count). The first kappa shape index (κ1) is 13.5. The number of carbonyl (C=O) groups excluding carboxylic acids is 1. The lowest BCUT2D eigenvalue weighted by atomic mass is 10.2. The van der Waals surface area contributed by atoms with Gasteiger partial charge in [-0.1, -0.05) is 18.2 Å². The Kier molecular flexibility index (Phi) is 3.81. The van der Waals surface area contributed by atoms with E-state index in [-0.39, 0.29) is 5.91 Å². The molecule has 21 heavy (non-hydrogen) atoms. The molecule has 0 aliphatic carbocycles. The van der Waals surface area contributed by atoms with Crippen molar-refractivity contribution in [2.24, 2.45) is 0 Å². The number of aromatic nitrogens is 2. The van der Waals surface area contributed by atoms with Gasteiger partial charge in [0.05, 0.1) is 0 Å². The third kappa shape index (κ3) is 3.02. The van der Waals surface area contributed by atoms with Gasteiger partial charge in [0.1, 0.15) is 11.5 Å². The second kappa shape index (κ2) is 5.91. The summed E-state index contributed by atoms with van der Waals surface area (Å²) in [6, 6.07) is 12.0. The van der Waals surface area contributed by atoms with Crippen molar-refractivity contribution >= 4 is 11.6 Å². The van der Waals surface area contributed by atoms with Crippen LogP contribution in [0.15, 0.2) is 42.6 Å². The number of piperazine rings is 1. The predicted molar refractivity (Wildman–Crippen MR) is 81.3 cm³/mol. The topological polar surface area (TPSA) is 49.3 Å². The van der Waals surface area contributed by atoms with Crippen molar-refractivity contribution in [2.75, 3.05) is 31.1 Å². The largest absolute Gasteiger partial charge is 0.368 e. The number of aryl methyl sites for hydroxylation is 1. The summed E-state index contributed by atoms with van der Waals surface area (Å²) in [7, 11) is 0. The van der Waals surface area contributed by atoms with Crippen molar-refractivity contribution in [1.82, 2.24) is 14.9 Å².